The second-order valence-electron chi connectivity index (χ2n) is 8.34. The van der Waals surface area contributed by atoms with Crippen molar-refractivity contribution in [3.8, 4) is 0 Å². The molecule has 7 heteroatoms. The molecule has 1 aromatic heterocycles. The van der Waals surface area contributed by atoms with Crippen LogP contribution in [0.1, 0.15) is 17.5 Å². The zero-order chi connectivity index (χ0) is 22.7. The van der Waals surface area contributed by atoms with Gasteiger partial charge in [-0.15, -0.1) is 0 Å². The Morgan fingerprint density at radius 2 is 1.67 bits per heavy atom. The highest BCUT2D eigenvalue weighted by Gasteiger charge is 2.16. The van der Waals surface area contributed by atoms with Crippen molar-refractivity contribution >= 4 is 11.6 Å². The second kappa shape index (κ2) is 12.1. The van der Waals surface area contributed by atoms with Gasteiger partial charge in [0.15, 0.2) is 5.96 Å². The predicted molar refractivity (Wildman–Crippen MR) is 136 cm³/mol. The third-order valence-electron chi connectivity index (χ3n) is 6.12. The number of hydrogen-bond donors (Lipinski definition) is 2. The maximum atomic E-state index is 4.39. The number of nitrogens with zero attached hydrogens (tertiary/aromatic N) is 5. The Morgan fingerprint density at radius 3 is 2.39 bits per heavy atom. The molecule has 2 N–H and O–H groups in total. The van der Waals surface area contributed by atoms with E-state index in [1.165, 1.54) is 16.8 Å². The van der Waals surface area contributed by atoms with Gasteiger partial charge < -0.3 is 15.5 Å². The van der Waals surface area contributed by atoms with Crippen LogP contribution in [0.4, 0.5) is 5.69 Å². The van der Waals surface area contributed by atoms with Gasteiger partial charge in [0.1, 0.15) is 0 Å². The van der Waals surface area contributed by atoms with Gasteiger partial charge in [-0.1, -0.05) is 42.5 Å². The zero-order valence-corrected chi connectivity index (χ0v) is 19.5. The Kier molecular flexibility index (Phi) is 8.36. The minimum Gasteiger partial charge on any atom is -0.369 e. The average Bonchev–Trinajstić information content (AvgIpc) is 3.38. The first-order chi connectivity index (χ1) is 16.3. The highest BCUT2D eigenvalue weighted by molar-refractivity contribution is 5.79. The lowest BCUT2D eigenvalue weighted by molar-refractivity contribution is 0.255. The molecule has 2 heterocycles. The van der Waals surface area contributed by atoms with Crippen molar-refractivity contribution in [3.63, 3.8) is 0 Å². The Balaban J connectivity index is 1.15. The van der Waals surface area contributed by atoms with Crippen LogP contribution < -0.4 is 15.5 Å². The summed E-state index contributed by atoms with van der Waals surface area (Å²) in [6.45, 7) is 7.96. The highest BCUT2D eigenvalue weighted by Crippen LogP contribution is 2.15. The first-order valence-corrected chi connectivity index (χ1v) is 11.8. The Labute approximate surface area is 197 Å². The third-order valence-corrected chi connectivity index (χ3v) is 6.12. The summed E-state index contributed by atoms with van der Waals surface area (Å²) in [6, 6.07) is 21.2. The quantitative estimate of drug-likeness (QED) is 0.301. The summed E-state index contributed by atoms with van der Waals surface area (Å²) in [6.07, 6.45) is 4.91. The standard InChI is InChI=1S/C26H35N7/c1-27-26(29-21-23-9-5-6-10-24(23)22-33-16-8-14-30-33)28-13-7-15-31-17-19-32(20-18-31)25-11-3-2-4-12-25/h2-6,8-12,14,16H,7,13,15,17-22H2,1H3,(H2,27,28,29). The van der Waals surface area contributed by atoms with Gasteiger partial charge in [0.05, 0.1) is 6.54 Å². The van der Waals surface area contributed by atoms with E-state index in [4.69, 9.17) is 0 Å². The van der Waals surface area contributed by atoms with Crippen molar-refractivity contribution in [3.05, 3.63) is 84.2 Å². The molecule has 1 saturated heterocycles. The molecule has 0 aliphatic carbocycles. The lowest BCUT2D eigenvalue weighted by Gasteiger charge is -2.36. The number of rotatable bonds is 9. The summed E-state index contributed by atoms with van der Waals surface area (Å²) < 4.78 is 1.95. The molecular formula is C26H35N7. The predicted octanol–water partition coefficient (Wildman–Crippen LogP) is 2.81. The van der Waals surface area contributed by atoms with E-state index in [1.807, 2.05) is 30.2 Å². The molecule has 1 aliphatic heterocycles. The van der Waals surface area contributed by atoms with E-state index in [1.54, 1.807) is 0 Å². The van der Waals surface area contributed by atoms with Gasteiger partial charge >= 0.3 is 0 Å². The van der Waals surface area contributed by atoms with Crippen LogP contribution in [0, 0.1) is 0 Å². The van der Waals surface area contributed by atoms with E-state index in [0.717, 1.165) is 64.7 Å². The van der Waals surface area contributed by atoms with E-state index in [-0.39, 0.29) is 0 Å². The minimum atomic E-state index is 0.735. The monoisotopic (exact) mass is 445 g/mol. The van der Waals surface area contributed by atoms with Crippen LogP contribution in [0.25, 0.3) is 0 Å². The number of piperazine rings is 1. The summed E-state index contributed by atoms with van der Waals surface area (Å²) in [5.74, 6) is 0.845. The molecule has 2 aromatic carbocycles. The fraction of sp³-hybridized carbons (Fsp3) is 0.385. The summed E-state index contributed by atoms with van der Waals surface area (Å²) in [5.41, 5.74) is 3.85. The number of guanidine groups is 1. The van der Waals surface area contributed by atoms with Gasteiger partial charge in [-0.2, -0.15) is 5.10 Å². The molecule has 0 atom stereocenters. The molecule has 0 saturated carbocycles. The van der Waals surface area contributed by atoms with Crippen LogP contribution in [0.2, 0.25) is 0 Å². The molecule has 174 valence electrons. The molecule has 1 fully saturated rings. The number of aliphatic imine (C=N–C) groups is 1. The van der Waals surface area contributed by atoms with E-state index < -0.39 is 0 Å². The minimum absolute atomic E-state index is 0.735. The topological polar surface area (TPSA) is 60.7 Å². The number of benzene rings is 2. The van der Waals surface area contributed by atoms with E-state index in [9.17, 15) is 0 Å². The number of anilines is 1. The molecule has 7 nitrogen and oxygen atoms in total. The number of nitrogens with one attached hydrogen (secondary N) is 2. The fourth-order valence-corrected chi connectivity index (χ4v) is 4.23. The summed E-state index contributed by atoms with van der Waals surface area (Å²) >= 11 is 0. The average molecular weight is 446 g/mol. The van der Waals surface area contributed by atoms with Gasteiger partial charge in [0.2, 0.25) is 0 Å². The maximum absolute atomic E-state index is 4.39. The molecule has 33 heavy (non-hydrogen) atoms. The Hall–Kier alpha value is -3.32. The van der Waals surface area contributed by atoms with E-state index in [0.29, 0.717) is 0 Å². The second-order valence-corrected chi connectivity index (χ2v) is 8.34. The van der Waals surface area contributed by atoms with Gasteiger partial charge in [-0.05, 0) is 42.3 Å². The lowest BCUT2D eigenvalue weighted by atomic mass is 10.1. The van der Waals surface area contributed by atoms with Crippen molar-refractivity contribution in [2.75, 3.05) is 51.2 Å². The van der Waals surface area contributed by atoms with Crippen molar-refractivity contribution in [2.45, 2.75) is 19.5 Å². The summed E-state index contributed by atoms with van der Waals surface area (Å²) in [5, 5.41) is 11.2. The number of aromatic nitrogens is 2. The number of hydrogen-bond acceptors (Lipinski definition) is 4. The molecule has 0 unspecified atom stereocenters. The van der Waals surface area contributed by atoms with Crippen molar-refractivity contribution < 1.29 is 0 Å². The van der Waals surface area contributed by atoms with Crippen LogP contribution in [0.15, 0.2) is 78.0 Å². The van der Waals surface area contributed by atoms with E-state index in [2.05, 4.69) is 85.1 Å². The van der Waals surface area contributed by atoms with Crippen LogP contribution in [-0.2, 0) is 13.1 Å². The van der Waals surface area contributed by atoms with E-state index >= 15 is 0 Å². The highest BCUT2D eigenvalue weighted by atomic mass is 15.3. The molecule has 3 aromatic rings. The van der Waals surface area contributed by atoms with Crippen LogP contribution in [0.3, 0.4) is 0 Å². The first-order valence-electron chi connectivity index (χ1n) is 11.8. The van der Waals surface area contributed by atoms with Crippen molar-refractivity contribution in [2.24, 2.45) is 4.99 Å². The van der Waals surface area contributed by atoms with Crippen LogP contribution in [-0.4, -0.2) is 67.0 Å². The SMILES string of the molecule is CN=C(NCCCN1CCN(c2ccccc2)CC1)NCc1ccccc1Cn1cccn1. The largest absolute Gasteiger partial charge is 0.369 e. The molecule has 4 rings (SSSR count). The van der Waals surface area contributed by atoms with Crippen LogP contribution in [0.5, 0.6) is 0 Å². The summed E-state index contributed by atoms with van der Waals surface area (Å²) in [7, 11) is 1.83. The molecule has 0 amide bonds. The molecule has 0 spiro atoms. The smallest absolute Gasteiger partial charge is 0.191 e. The van der Waals surface area contributed by atoms with Gasteiger partial charge in [0.25, 0.3) is 0 Å². The Morgan fingerprint density at radius 1 is 0.909 bits per heavy atom. The zero-order valence-electron chi connectivity index (χ0n) is 19.5. The Bertz CT molecular complexity index is 977. The van der Waals surface area contributed by atoms with Crippen LogP contribution >= 0.6 is 0 Å². The third kappa shape index (κ3) is 6.83. The van der Waals surface area contributed by atoms with Crippen molar-refractivity contribution in [1.29, 1.82) is 0 Å². The number of para-hydroxylation sites is 1. The molecule has 0 bridgehead atoms. The molecular weight excluding hydrogens is 410 g/mol. The normalized spacial score (nSPS) is 14.9. The summed E-state index contributed by atoms with van der Waals surface area (Å²) in [4.78, 5) is 9.43. The van der Waals surface area contributed by atoms with Crippen molar-refractivity contribution in [1.82, 2.24) is 25.3 Å². The molecule has 1 aliphatic rings. The fourth-order valence-electron chi connectivity index (χ4n) is 4.23. The lowest BCUT2D eigenvalue weighted by Crippen LogP contribution is -2.47. The molecule has 0 radical (unpaired) electrons. The van der Waals surface area contributed by atoms with Gasteiger partial charge in [-0.25, -0.2) is 0 Å². The first kappa shape index (κ1) is 22.9. The van der Waals surface area contributed by atoms with Gasteiger partial charge in [0, 0.05) is 64.4 Å². The maximum Gasteiger partial charge on any atom is 0.191 e. The van der Waals surface area contributed by atoms with Gasteiger partial charge in [-0.3, -0.25) is 14.6 Å².